The smallest absolute Gasteiger partial charge is 0.296 e. The third kappa shape index (κ3) is 4.22. The van der Waals surface area contributed by atoms with Crippen molar-refractivity contribution in [1.82, 2.24) is 4.98 Å². The third-order valence-corrected chi connectivity index (χ3v) is 7.12. The summed E-state index contributed by atoms with van der Waals surface area (Å²) in [6.07, 6.45) is 1.61. The molecular weight excluding hydrogens is 492 g/mol. The SMILES string of the molecule is COc1cc(C2c3c(oc4cc(C)c(C)cc4c3=O)C(=O)N2c2ccccn2)ccc1OCc1ccccc1. The number of carbonyl (C=O) groups is 1. The molecule has 0 fully saturated rings. The lowest BCUT2D eigenvalue weighted by Crippen LogP contribution is -2.30. The molecule has 1 amide bonds. The number of pyridine rings is 1. The number of nitrogens with zero attached hydrogens (tertiary/aromatic N) is 2. The summed E-state index contributed by atoms with van der Waals surface area (Å²) >= 11 is 0. The minimum Gasteiger partial charge on any atom is -0.493 e. The van der Waals surface area contributed by atoms with E-state index in [1.165, 1.54) is 4.90 Å². The molecule has 0 spiro atoms. The van der Waals surface area contributed by atoms with Gasteiger partial charge in [-0.2, -0.15) is 0 Å². The van der Waals surface area contributed by atoms with E-state index in [2.05, 4.69) is 4.98 Å². The fourth-order valence-electron chi connectivity index (χ4n) is 4.98. The highest BCUT2D eigenvalue weighted by molar-refractivity contribution is 6.10. The fourth-order valence-corrected chi connectivity index (χ4v) is 4.98. The summed E-state index contributed by atoms with van der Waals surface area (Å²) in [5, 5.41) is 0.437. The number of hydrogen-bond acceptors (Lipinski definition) is 6. The Morgan fingerprint density at radius 2 is 1.67 bits per heavy atom. The minimum absolute atomic E-state index is 0.0229. The highest BCUT2D eigenvalue weighted by atomic mass is 16.5. The Bertz CT molecular complexity index is 1760. The Morgan fingerprint density at radius 3 is 2.41 bits per heavy atom. The molecule has 1 atom stereocenters. The zero-order chi connectivity index (χ0) is 27.1. The average molecular weight is 519 g/mol. The van der Waals surface area contributed by atoms with E-state index in [9.17, 15) is 9.59 Å². The van der Waals surface area contributed by atoms with E-state index < -0.39 is 11.9 Å². The number of rotatable bonds is 6. The first-order valence-corrected chi connectivity index (χ1v) is 12.6. The summed E-state index contributed by atoms with van der Waals surface area (Å²) in [6.45, 7) is 4.26. The van der Waals surface area contributed by atoms with Crippen LogP contribution in [0.4, 0.5) is 5.82 Å². The van der Waals surface area contributed by atoms with E-state index in [4.69, 9.17) is 13.9 Å². The summed E-state index contributed by atoms with van der Waals surface area (Å²) < 4.78 is 17.8. The Labute approximate surface area is 225 Å². The predicted molar refractivity (Wildman–Crippen MR) is 149 cm³/mol. The van der Waals surface area contributed by atoms with Crippen LogP contribution in [-0.4, -0.2) is 18.0 Å². The Morgan fingerprint density at radius 1 is 0.897 bits per heavy atom. The number of anilines is 1. The summed E-state index contributed by atoms with van der Waals surface area (Å²) in [4.78, 5) is 33.7. The largest absolute Gasteiger partial charge is 0.493 e. The molecule has 0 bridgehead atoms. The molecule has 7 nitrogen and oxygen atoms in total. The number of aryl methyl sites for hydroxylation is 2. The molecule has 6 rings (SSSR count). The van der Waals surface area contributed by atoms with Crippen LogP contribution in [0, 0.1) is 13.8 Å². The van der Waals surface area contributed by atoms with Gasteiger partial charge in [0.05, 0.1) is 24.1 Å². The number of hydrogen-bond donors (Lipinski definition) is 0. The number of carbonyl (C=O) groups excluding carboxylic acids is 1. The van der Waals surface area contributed by atoms with E-state index in [1.54, 1.807) is 49.7 Å². The quantitative estimate of drug-likeness (QED) is 0.269. The van der Waals surface area contributed by atoms with Gasteiger partial charge in [0.15, 0.2) is 16.9 Å². The van der Waals surface area contributed by atoms with Crippen LogP contribution in [0.5, 0.6) is 11.5 Å². The van der Waals surface area contributed by atoms with Crippen molar-refractivity contribution in [2.45, 2.75) is 26.5 Å². The van der Waals surface area contributed by atoms with Crippen LogP contribution < -0.4 is 19.8 Å². The van der Waals surface area contributed by atoms with Crippen molar-refractivity contribution in [3.05, 3.63) is 129 Å². The first-order valence-electron chi connectivity index (χ1n) is 12.6. The van der Waals surface area contributed by atoms with Crippen molar-refractivity contribution in [3.63, 3.8) is 0 Å². The Hall–Kier alpha value is -4.91. The van der Waals surface area contributed by atoms with Crippen molar-refractivity contribution >= 4 is 22.7 Å². The summed E-state index contributed by atoms with van der Waals surface area (Å²) in [7, 11) is 1.56. The number of aromatic nitrogens is 1. The molecule has 194 valence electrons. The molecule has 0 radical (unpaired) electrons. The number of ether oxygens (including phenoxy) is 2. The molecule has 0 saturated heterocycles. The average Bonchev–Trinajstić information content (AvgIpc) is 3.26. The fraction of sp³-hybridized carbons (Fsp3) is 0.156. The van der Waals surface area contributed by atoms with E-state index in [1.807, 2.05) is 56.3 Å². The molecule has 7 heteroatoms. The first-order chi connectivity index (χ1) is 19.0. The van der Waals surface area contributed by atoms with Gasteiger partial charge >= 0.3 is 0 Å². The Balaban J connectivity index is 1.50. The van der Waals surface area contributed by atoms with Crippen LogP contribution in [-0.2, 0) is 6.61 Å². The van der Waals surface area contributed by atoms with Gasteiger partial charge in [-0.1, -0.05) is 42.5 Å². The van der Waals surface area contributed by atoms with Gasteiger partial charge in [0, 0.05) is 6.20 Å². The van der Waals surface area contributed by atoms with Crippen molar-refractivity contribution in [3.8, 4) is 11.5 Å². The zero-order valence-electron chi connectivity index (χ0n) is 21.8. The molecule has 1 unspecified atom stereocenters. The molecule has 0 saturated carbocycles. The van der Waals surface area contributed by atoms with Crippen LogP contribution in [0.25, 0.3) is 11.0 Å². The van der Waals surface area contributed by atoms with Gasteiger partial charge in [0.25, 0.3) is 5.91 Å². The predicted octanol–water partition coefficient (Wildman–Crippen LogP) is 6.14. The lowest BCUT2D eigenvalue weighted by molar-refractivity contribution is 0.0970. The molecule has 3 aromatic carbocycles. The van der Waals surface area contributed by atoms with E-state index >= 15 is 0 Å². The van der Waals surface area contributed by atoms with Crippen molar-refractivity contribution in [1.29, 1.82) is 0 Å². The molecule has 1 aliphatic heterocycles. The molecule has 0 N–H and O–H groups in total. The highest BCUT2D eigenvalue weighted by Crippen LogP contribution is 2.43. The van der Waals surface area contributed by atoms with Crippen molar-refractivity contribution in [2.24, 2.45) is 0 Å². The second kappa shape index (κ2) is 9.76. The van der Waals surface area contributed by atoms with Crippen LogP contribution in [0.2, 0.25) is 0 Å². The second-order valence-electron chi connectivity index (χ2n) is 9.56. The van der Waals surface area contributed by atoms with Gasteiger partial charge in [-0.05, 0) is 72.5 Å². The molecule has 5 aromatic rings. The molecular formula is C32H26N2O5. The van der Waals surface area contributed by atoms with Crippen LogP contribution in [0.15, 0.2) is 94.3 Å². The maximum absolute atomic E-state index is 14.0. The number of benzene rings is 3. The van der Waals surface area contributed by atoms with Gasteiger partial charge < -0.3 is 13.9 Å². The first kappa shape index (κ1) is 24.4. The number of fused-ring (bicyclic) bond motifs is 2. The minimum atomic E-state index is -0.762. The monoisotopic (exact) mass is 518 g/mol. The van der Waals surface area contributed by atoms with Crippen LogP contribution in [0.3, 0.4) is 0 Å². The normalized spacial score (nSPS) is 14.5. The topological polar surface area (TPSA) is 81.9 Å². The van der Waals surface area contributed by atoms with Gasteiger partial charge in [-0.3, -0.25) is 14.5 Å². The molecule has 3 heterocycles. The van der Waals surface area contributed by atoms with E-state index in [0.717, 1.165) is 16.7 Å². The molecule has 39 heavy (non-hydrogen) atoms. The third-order valence-electron chi connectivity index (χ3n) is 7.12. The maximum atomic E-state index is 14.0. The number of amides is 1. The molecule has 2 aromatic heterocycles. The molecule has 0 aliphatic carbocycles. The highest BCUT2D eigenvalue weighted by Gasteiger charge is 2.44. The maximum Gasteiger partial charge on any atom is 0.296 e. The van der Waals surface area contributed by atoms with Crippen LogP contribution in [0.1, 0.15) is 44.4 Å². The summed E-state index contributed by atoms with van der Waals surface area (Å²) in [5.74, 6) is 1.06. The second-order valence-corrected chi connectivity index (χ2v) is 9.56. The van der Waals surface area contributed by atoms with Crippen LogP contribution >= 0.6 is 0 Å². The molecule has 1 aliphatic rings. The lowest BCUT2D eigenvalue weighted by atomic mass is 9.97. The Kier molecular flexibility index (Phi) is 6.11. The zero-order valence-corrected chi connectivity index (χ0v) is 21.8. The standard InChI is InChI=1S/C32H26N2O5/c1-19-15-23-25(16-20(19)2)39-31-28(30(23)35)29(34(32(31)36)27-11-7-8-14-33-27)22-12-13-24(26(17-22)37-3)38-18-21-9-5-4-6-10-21/h4-17,29H,18H2,1-3H3. The van der Waals surface area contributed by atoms with Crippen molar-refractivity contribution < 1.29 is 18.7 Å². The summed E-state index contributed by atoms with van der Waals surface area (Å²) in [6, 6.07) is 23.5. The van der Waals surface area contributed by atoms with Gasteiger partial charge in [0.2, 0.25) is 5.76 Å². The van der Waals surface area contributed by atoms with Gasteiger partial charge in [-0.25, -0.2) is 4.98 Å². The van der Waals surface area contributed by atoms with Gasteiger partial charge in [0.1, 0.15) is 18.0 Å². The lowest BCUT2D eigenvalue weighted by Gasteiger charge is -2.25. The van der Waals surface area contributed by atoms with E-state index in [0.29, 0.717) is 40.5 Å². The number of methoxy groups -OCH3 is 1. The van der Waals surface area contributed by atoms with Crippen molar-refractivity contribution in [2.75, 3.05) is 12.0 Å². The van der Waals surface area contributed by atoms with E-state index in [-0.39, 0.29) is 16.8 Å². The summed E-state index contributed by atoms with van der Waals surface area (Å²) in [5.41, 5.74) is 4.07. The van der Waals surface area contributed by atoms with Gasteiger partial charge in [-0.15, -0.1) is 0 Å².